The number of anilines is 1. The average molecular weight is 310 g/mol. The van der Waals surface area contributed by atoms with E-state index in [1.807, 2.05) is 49.5 Å². The fourth-order valence-corrected chi connectivity index (χ4v) is 3.03. The van der Waals surface area contributed by atoms with Crippen molar-refractivity contribution < 1.29 is 9.53 Å². The lowest BCUT2D eigenvalue weighted by atomic mass is 9.97. The lowest BCUT2D eigenvalue weighted by Crippen LogP contribution is -2.28. The van der Waals surface area contributed by atoms with Gasteiger partial charge in [0.15, 0.2) is 0 Å². The first-order valence-corrected chi connectivity index (χ1v) is 7.93. The number of fused-ring (bicyclic) bond motifs is 1. The molecule has 0 saturated carbocycles. The second kappa shape index (κ2) is 6.73. The van der Waals surface area contributed by atoms with Crippen LogP contribution in [0.1, 0.15) is 27.9 Å². The molecule has 0 unspecified atom stereocenters. The summed E-state index contributed by atoms with van der Waals surface area (Å²) < 4.78 is 5.24. The smallest absolute Gasteiger partial charge is 0.254 e. The third kappa shape index (κ3) is 3.31. The van der Waals surface area contributed by atoms with E-state index in [0.29, 0.717) is 6.54 Å². The van der Waals surface area contributed by atoms with E-state index >= 15 is 0 Å². The average Bonchev–Trinajstić information content (AvgIpc) is 2.60. The number of rotatable bonds is 4. The summed E-state index contributed by atoms with van der Waals surface area (Å²) in [4.78, 5) is 14.6. The van der Waals surface area contributed by atoms with Crippen LogP contribution in [0, 0.1) is 0 Å². The minimum Gasteiger partial charge on any atom is -0.497 e. The minimum absolute atomic E-state index is 0.0633. The molecule has 1 aliphatic rings. The molecule has 23 heavy (non-hydrogen) atoms. The molecule has 3 rings (SSSR count). The molecule has 1 aliphatic heterocycles. The Hall–Kier alpha value is -2.49. The Bertz CT molecular complexity index is 712. The molecule has 120 valence electrons. The lowest BCUT2D eigenvalue weighted by Gasteiger charge is -2.24. The van der Waals surface area contributed by atoms with E-state index in [0.717, 1.165) is 47.5 Å². The summed E-state index contributed by atoms with van der Waals surface area (Å²) in [5.41, 5.74) is 4.10. The van der Waals surface area contributed by atoms with Crippen LogP contribution in [-0.4, -0.2) is 31.5 Å². The summed E-state index contributed by atoms with van der Waals surface area (Å²) in [7, 11) is 3.49. The van der Waals surface area contributed by atoms with Crippen LogP contribution in [0.5, 0.6) is 5.75 Å². The molecule has 4 nitrogen and oxygen atoms in total. The van der Waals surface area contributed by atoms with Crippen LogP contribution in [0.2, 0.25) is 0 Å². The van der Waals surface area contributed by atoms with E-state index in [1.54, 1.807) is 12.0 Å². The topological polar surface area (TPSA) is 41.6 Å². The van der Waals surface area contributed by atoms with Gasteiger partial charge in [-0.05, 0) is 48.2 Å². The lowest BCUT2D eigenvalue weighted by molar-refractivity contribution is 0.0784. The van der Waals surface area contributed by atoms with Gasteiger partial charge in [0.2, 0.25) is 0 Å². The molecule has 0 saturated heterocycles. The molecule has 0 bridgehead atoms. The standard InChI is InChI=1S/C19H22N2O2/c1-21(13-14-6-3-7-15(12-14)23-2)19(22)17-8-4-10-18-16(17)9-5-11-20-18/h3-4,6-8,10,12,20H,5,9,11,13H2,1-2H3. The predicted octanol–water partition coefficient (Wildman–Crippen LogP) is 3.33. The van der Waals surface area contributed by atoms with Crippen LogP contribution in [0.25, 0.3) is 0 Å². The summed E-state index contributed by atoms with van der Waals surface area (Å²) in [6, 6.07) is 13.7. The maximum absolute atomic E-state index is 12.8. The Balaban J connectivity index is 1.80. The predicted molar refractivity (Wildman–Crippen MR) is 92.0 cm³/mol. The van der Waals surface area contributed by atoms with Gasteiger partial charge < -0.3 is 15.0 Å². The molecule has 2 aromatic rings. The van der Waals surface area contributed by atoms with Crippen molar-refractivity contribution in [3.63, 3.8) is 0 Å². The van der Waals surface area contributed by atoms with Gasteiger partial charge in [0, 0.05) is 31.4 Å². The van der Waals surface area contributed by atoms with Gasteiger partial charge in [0.1, 0.15) is 5.75 Å². The van der Waals surface area contributed by atoms with Crippen LogP contribution in [0.3, 0.4) is 0 Å². The molecule has 0 atom stereocenters. The molecule has 2 aromatic carbocycles. The van der Waals surface area contributed by atoms with Crippen LogP contribution in [-0.2, 0) is 13.0 Å². The largest absolute Gasteiger partial charge is 0.497 e. The number of carbonyl (C=O) groups excluding carboxylic acids is 1. The van der Waals surface area contributed by atoms with E-state index in [4.69, 9.17) is 4.74 Å². The van der Waals surface area contributed by atoms with Gasteiger partial charge in [-0.3, -0.25) is 4.79 Å². The maximum atomic E-state index is 12.8. The summed E-state index contributed by atoms with van der Waals surface area (Å²) in [6.07, 6.45) is 2.02. The highest BCUT2D eigenvalue weighted by molar-refractivity contribution is 5.97. The number of methoxy groups -OCH3 is 1. The number of hydrogen-bond acceptors (Lipinski definition) is 3. The number of amides is 1. The zero-order chi connectivity index (χ0) is 16.2. The molecule has 0 aromatic heterocycles. The number of ether oxygens (including phenoxy) is 1. The first kappa shape index (κ1) is 15.4. The number of nitrogens with zero attached hydrogens (tertiary/aromatic N) is 1. The first-order chi connectivity index (χ1) is 11.2. The van der Waals surface area contributed by atoms with Gasteiger partial charge in [0.05, 0.1) is 7.11 Å². The maximum Gasteiger partial charge on any atom is 0.254 e. The summed E-state index contributed by atoms with van der Waals surface area (Å²) in [6.45, 7) is 1.54. The van der Waals surface area contributed by atoms with Crippen molar-refractivity contribution in [2.45, 2.75) is 19.4 Å². The number of hydrogen-bond donors (Lipinski definition) is 1. The molecule has 1 heterocycles. The molecule has 0 fully saturated rings. The second-order valence-corrected chi connectivity index (χ2v) is 5.87. The van der Waals surface area contributed by atoms with Crippen LogP contribution < -0.4 is 10.1 Å². The summed E-state index contributed by atoms with van der Waals surface area (Å²) in [5, 5.41) is 3.37. The Morgan fingerprint density at radius 3 is 2.91 bits per heavy atom. The van der Waals surface area contributed by atoms with Gasteiger partial charge >= 0.3 is 0 Å². The Labute approximate surface area is 137 Å². The van der Waals surface area contributed by atoms with Crippen molar-refractivity contribution in [1.82, 2.24) is 4.90 Å². The van der Waals surface area contributed by atoms with Gasteiger partial charge in [-0.1, -0.05) is 18.2 Å². The molecule has 1 amide bonds. The van der Waals surface area contributed by atoms with Crippen molar-refractivity contribution in [3.8, 4) is 5.75 Å². The zero-order valence-corrected chi connectivity index (χ0v) is 13.6. The first-order valence-electron chi connectivity index (χ1n) is 7.93. The Morgan fingerprint density at radius 2 is 2.09 bits per heavy atom. The fourth-order valence-electron chi connectivity index (χ4n) is 3.03. The van der Waals surface area contributed by atoms with E-state index in [-0.39, 0.29) is 5.91 Å². The van der Waals surface area contributed by atoms with Gasteiger partial charge in [-0.15, -0.1) is 0 Å². The molecular formula is C19H22N2O2. The normalized spacial score (nSPS) is 13.0. The summed E-state index contributed by atoms with van der Waals surface area (Å²) >= 11 is 0. The highest BCUT2D eigenvalue weighted by atomic mass is 16.5. The van der Waals surface area contributed by atoms with E-state index in [2.05, 4.69) is 5.32 Å². The number of carbonyl (C=O) groups is 1. The van der Waals surface area contributed by atoms with Crippen molar-refractivity contribution in [1.29, 1.82) is 0 Å². The van der Waals surface area contributed by atoms with Crippen molar-refractivity contribution in [2.75, 3.05) is 26.0 Å². The van der Waals surface area contributed by atoms with Crippen molar-refractivity contribution >= 4 is 11.6 Å². The van der Waals surface area contributed by atoms with Crippen molar-refractivity contribution in [3.05, 3.63) is 59.2 Å². The van der Waals surface area contributed by atoms with Crippen LogP contribution in [0.4, 0.5) is 5.69 Å². The molecule has 0 radical (unpaired) electrons. The second-order valence-electron chi connectivity index (χ2n) is 5.87. The Kier molecular flexibility index (Phi) is 4.51. The molecular weight excluding hydrogens is 288 g/mol. The van der Waals surface area contributed by atoms with Crippen LogP contribution in [0.15, 0.2) is 42.5 Å². The molecule has 1 N–H and O–H groups in total. The monoisotopic (exact) mass is 310 g/mol. The highest BCUT2D eigenvalue weighted by Crippen LogP contribution is 2.26. The minimum atomic E-state index is 0.0633. The van der Waals surface area contributed by atoms with E-state index < -0.39 is 0 Å². The molecule has 0 aliphatic carbocycles. The SMILES string of the molecule is COc1cccc(CN(C)C(=O)c2cccc3c2CCCN3)c1. The van der Waals surface area contributed by atoms with Gasteiger partial charge in [0.25, 0.3) is 5.91 Å². The number of nitrogens with one attached hydrogen (secondary N) is 1. The zero-order valence-electron chi connectivity index (χ0n) is 13.6. The van der Waals surface area contributed by atoms with Crippen LogP contribution >= 0.6 is 0 Å². The Morgan fingerprint density at radius 1 is 1.26 bits per heavy atom. The highest BCUT2D eigenvalue weighted by Gasteiger charge is 2.20. The summed E-state index contributed by atoms with van der Waals surface area (Å²) in [5.74, 6) is 0.873. The number of benzene rings is 2. The molecule has 4 heteroatoms. The van der Waals surface area contributed by atoms with E-state index in [9.17, 15) is 4.79 Å². The third-order valence-electron chi connectivity index (χ3n) is 4.23. The van der Waals surface area contributed by atoms with Crippen molar-refractivity contribution in [2.24, 2.45) is 0 Å². The van der Waals surface area contributed by atoms with Gasteiger partial charge in [-0.2, -0.15) is 0 Å². The third-order valence-corrected chi connectivity index (χ3v) is 4.23. The quantitative estimate of drug-likeness (QED) is 0.942. The van der Waals surface area contributed by atoms with E-state index in [1.165, 1.54) is 0 Å². The molecule has 0 spiro atoms. The fraction of sp³-hybridized carbons (Fsp3) is 0.316. The van der Waals surface area contributed by atoms with Gasteiger partial charge in [-0.25, -0.2) is 0 Å².